The van der Waals surface area contributed by atoms with Crippen LogP contribution in [-0.2, 0) is 16.1 Å². The number of para-hydroxylation sites is 1. The third-order valence-electron chi connectivity index (χ3n) is 6.54. The maximum Gasteiger partial charge on any atom is 0.249 e. The van der Waals surface area contributed by atoms with Crippen LogP contribution >= 0.6 is 0 Å². The molecule has 3 aromatic carbocycles. The minimum absolute atomic E-state index is 0.128. The number of methoxy groups -OCH3 is 2. The van der Waals surface area contributed by atoms with Gasteiger partial charge in [-0.1, -0.05) is 61.0 Å². The molecule has 0 aliphatic carbocycles. The number of nitrogens with zero attached hydrogens (tertiary/aromatic N) is 4. The maximum absolute atomic E-state index is 14.2. The normalized spacial score (nSPS) is 11.8. The van der Waals surface area contributed by atoms with Gasteiger partial charge in [0.1, 0.15) is 29.6 Å². The predicted octanol–water partition coefficient (Wildman–Crippen LogP) is 4.69. The van der Waals surface area contributed by atoms with Crippen LogP contribution in [0, 0.1) is 12.8 Å². The molecule has 0 bridgehead atoms. The van der Waals surface area contributed by atoms with E-state index in [0.717, 1.165) is 17.5 Å². The van der Waals surface area contributed by atoms with E-state index in [2.05, 4.69) is 29.5 Å². The molecule has 0 saturated carbocycles. The number of nitrogens with one attached hydrogen (secondary N) is 1. The molecule has 2 amide bonds. The molecule has 9 nitrogen and oxygen atoms in total. The summed E-state index contributed by atoms with van der Waals surface area (Å²) >= 11 is 0. The molecular formula is C30H35N5O4. The number of hydrogen-bond acceptors (Lipinski definition) is 6. The molecule has 204 valence electrons. The first-order valence-corrected chi connectivity index (χ1v) is 13.0. The topological polar surface area (TPSA) is 98.6 Å². The van der Waals surface area contributed by atoms with Gasteiger partial charge in [0.15, 0.2) is 0 Å². The Morgan fingerprint density at radius 3 is 2.44 bits per heavy atom. The third kappa shape index (κ3) is 6.37. The average Bonchev–Trinajstić information content (AvgIpc) is 3.34. The summed E-state index contributed by atoms with van der Waals surface area (Å²) in [6.45, 7) is 6.55. The lowest BCUT2D eigenvalue weighted by atomic mass is 10.0. The molecule has 9 heteroatoms. The zero-order chi connectivity index (χ0) is 27.9. The Hall–Kier alpha value is -4.40. The van der Waals surface area contributed by atoms with Crippen LogP contribution in [0.5, 0.6) is 11.5 Å². The molecule has 1 unspecified atom stereocenters. The van der Waals surface area contributed by atoms with E-state index in [1.54, 1.807) is 30.0 Å². The fourth-order valence-corrected chi connectivity index (χ4v) is 4.39. The molecule has 0 fully saturated rings. The molecule has 1 aromatic heterocycles. The summed E-state index contributed by atoms with van der Waals surface area (Å²) in [5.41, 5.74) is 3.57. The van der Waals surface area contributed by atoms with Crippen molar-refractivity contribution in [2.24, 2.45) is 5.92 Å². The number of hydrogen-bond donors (Lipinski definition) is 1. The van der Waals surface area contributed by atoms with Crippen LogP contribution < -0.4 is 19.7 Å². The van der Waals surface area contributed by atoms with Gasteiger partial charge in [0.2, 0.25) is 11.8 Å². The summed E-state index contributed by atoms with van der Waals surface area (Å²) in [5, 5.41) is 11.4. The fourth-order valence-electron chi connectivity index (χ4n) is 4.39. The fraction of sp³-hybridized carbons (Fsp3) is 0.333. The lowest BCUT2D eigenvalue weighted by Crippen LogP contribution is -2.45. The molecule has 1 atom stereocenters. The zero-order valence-corrected chi connectivity index (χ0v) is 23.0. The first-order valence-electron chi connectivity index (χ1n) is 13.0. The number of amides is 2. The molecule has 0 saturated heterocycles. The van der Waals surface area contributed by atoms with Crippen LogP contribution in [0.1, 0.15) is 37.4 Å². The summed E-state index contributed by atoms with van der Waals surface area (Å²) in [5.74, 6) is 0.757. The molecule has 39 heavy (non-hydrogen) atoms. The summed E-state index contributed by atoms with van der Waals surface area (Å²) < 4.78 is 12.6. The van der Waals surface area contributed by atoms with Crippen LogP contribution in [0.2, 0.25) is 0 Å². The van der Waals surface area contributed by atoms with E-state index in [-0.39, 0.29) is 18.4 Å². The van der Waals surface area contributed by atoms with E-state index < -0.39 is 6.04 Å². The number of fused-ring (bicyclic) bond motifs is 1. The van der Waals surface area contributed by atoms with Crippen molar-refractivity contribution in [1.29, 1.82) is 0 Å². The molecular weight excluding hydrogens is 494 g/mol. The van der Waals surface area contributed by atoms with Gasteiger partial charge in [0.05, 0.1) is 25.4 Å². The van der Waals surface area contributed by atoms with Crippen molar-refractivity contribution in [1.82, 2.24) is 20.3 Å². The van der Waals surface area contributed by atoms with Crippen molar-refractivity contribution in [3.63, 3.8) is 0 Å². The van der Waals surface area contributed by atoms with Crippen LogP contribution in [0.25, 0.3) is 11.0 Å². The number of aryl methyl sites for hydroxylation is 1. The van der Waals surface area contributed by atoms with E-state index in [4.69, 9.17) is 9.47 Å². The van der Waals surface area contributed by atoms with E-state index >= 15 is 0 Å². The van der Waals surface area contributed by atoms with Gasteiger partial charge in [-0.15, -0.1) is 5.10 Å². The summed E-state index contributed by atoms with van der Waals surface area (Å²) in [7, 11) is 3.08. The van der Waals surface area contributed by atoms with Crippen LogP contribution in [0.3, 0.4) is 0 Å². The minimum Gasteiger partial charge on any atom is -0.497 e. The third-order valence-corrected chi connectivity index (χ3v) is 6.54. The Labute approximate surface area is 228 Å². The summed E-state index contributed by atoms with van der Waals surface area (Å²) in [6.07, 6.45) is 0.817. The van der Waals surface area contributed by atoms with E-state index in [1.807, 2.05) is 55.5 Å². The van der Waals surface area contributed by atoms with Crippen molar-refractivity contribution < 1.29 is 19.1 Å². The first kappa shape index (κ1) is 27.6. The van der Waals surface area contributed by atoms with Gasteiger partial charge in [0, 0.05) is 12.6 Å². The standard InChI is InChI=1S/C30H35N5O4/c1-20(2)16-17-31-30(37)29(22-12-10-21(3)11-13-22)35(26-15-14-23(38-4)18-27(26)39-5)28(36)19-34-25-9-7-6-8-24(25)32-33-34/h6-15,18,20,29H,16-17,19H2,1-5H3,(H,31,37). The Morgan fingerprint density at radius 2 is 1.74 bits per heavy atom. The predicted molar refractivity (Wildman–Crippen MR) is 151 cm³/mol. The van der Waals surface area contributed by atoms with Crippen LogP contribution in [-0.4, -0.2) is 47.6 Å². The quantitative estimate of drug-likeness (QED) is 0.303. The second-order valence-electron chi connectivity index (χ2n) is 9.82. The van der Waals surface area contributed by atoms with E-state index in [0.29, 0.717) is 40.7 Å². The van der Waals surface area contributed by atoms with Crippen molar-refractivity contribution in [3.8, 4) is 11.5 Å². The number of carbonyl (C=O) groups is 2. The Kier molecular flexibility index (Phi) is 8.81. The molecule has 4 rings (SSSR count). The van der Waals surface area contributed by atoms with Gasteiger partial charge in [-0.3, -0.25) is 14.5 Å². The number of aromatic nitrogens is 3. The number of ether oxygens (including phenoxy) is 2. The number of anilines is 1. The second-order valence-corrected chi connectivity index (χ2v) is 9.82. The van der Waals surface area contributed by atoms with Gasteiger partial charge < -0.3 is 14.8 Å². The molecule has 0 aliphatic rings. The SMILES string of the molecule is COc1ccc(N(C(=O)Cn2nnc3ccccc32)C(C(=O)NCCC(C)C)c2ccc(C)cc2)c(OC)c1. The Balaban J connectivity index is 1.83. The summed E-state index contributed by atoms with van der Waals surface area (Å²) in [6, 6.07) is 19.3. The van der Waals surface area contributed by atoms with Gasteiger partial charge in [-0.2, -0.15) is 0 Å². The van der Waals surface area contributed by atoms with E-state index in [9.17, 15) is 9.59 Å². The largest absolute Gasteiger partial charge is 0.497 e. The van der Waals surface area contributed by atoms with Gasteiger partial charge in [-0.25, -0.2) is 4.68 Å². The van der Waals surface area contributed by atoms with E-state index in [1.165, 1.54) is 12.0 Å². The highest BCUT2D eigenvalue weighted by Crippen LogP contribution is 2.38. The molecule has 1 heterocycles. The second kappa shape index (κ2) is 12.4. The lowest BCUT2D eigenvalue weighted by Gasteiger charge is -2.32. The van der Waals surface area contributed by atoms with Crippen LogP contribution in [0.15, 0.2) is 66.7 Å². The maximum atomic E-state index is 14.2. The molecule has 0 radical (unpaired) electrons. The summed E-state index contributed by atoms with van der Waals surface area (Å²) in [4.78, 5) is 29.6. The first-order chi connectivity index (χ1) is 18.8. The van der Waals surface area contributed by atoms with Crippen molar-refractivity contribution in [2.75, 3.05) is 25.7 Å². The highest BCUT2D eigenvalue weighted by atomic mass is 16.5. The molecule has 4 aromatic rings. The minimum atomic E-state index is -0.956. The number of benzene rings is 3. The molecule has 0 spiro atoms. The van der Waals surface area contributed by atoms with Crippen molar-refractivity contribution in [3.05, 3.63) is 77.9 Å². The smallest absolute Gasteiger partial charge is 0.249 e. The number of rotatable bonds is 11. The zero-order valence-electron chi connectivity index (χ0n) is 23.0. The average molecular weight is 530 g/mol. The Morgan fingerprint density at radius 1 is 1.00 bits per heavy atom. The monoisotopic (exact) mass is 529 g/mol. The van der Waals surface area contributed by atoms with Crippen LogP contribution in [0.4, 0.5) is 5.69 Å². The Bertz CT molecular complexity index is 1430. The molecule has 1 N–H and O–H groups in total. The van der Waals surface area contributed by atoms with Gasteiger partial charge in [-0.05, 0) is 49.1 Å². The molecule has 0 aliphatic heterocycles. The lowest BCUT2D eigenvalue weighted by molar-refractivity contribution is -0.127. The van der Waals surface area contributed by atoms with Crippen molar-refractivity contribution >= 4 is 28.5 Å². The van der Waals surface area contributed by atoms with Gasteiger partial charge in [0.25, 0.3) is 0 Å². The van der Waals surface area contributed by atoms with Gasteiger partial charge >= 0.3 is 0 Å². The highest BCUT2D eigenvalue weighted by molar-refractivity contribution is 6.02. The number of carbonyl (C=O) groups excluding carboxylic acids is 2. The van der Waals surface area contributed by atoms with Crippen molar-refractivity contribution in [2.45, 2.75) is 39.8 Å². The highest BCUT2D eigenvalue weighted by Gasteiger charge is 2.35.